The number of hydrogen-bond acceptors (Lipinski definition) is 6. The van der Waals surface area contributed by atoms with Crippen LogP contribution in [0.25, 0.3) is 12.2 Å². The number of rotatable bonds is 7. The molecule has 9 heteroatoms. The Balaban J connectivity index is 1.73. The Morgan fingerprint density at radius 1 is 1.17 bits per heavy atom. The normalized spacial score (nSPS) is 11.8. The van der Waals surface area contributed by atoms with E-state index in [9.17, 15) is 13.2 Å². The van der Waals surface area contributed by atoms with Gasteiger partial charge in [-0.1, -0.05) is 29.4 Å². The number of aryl methyl sites for hydroxylation is 2. The molecule has 7 nitrogen and oxygen atoms in total. The molecule has 2 aromatic heterocycles. The van der Waals surface area contributed by atoms with Crippen LogP contribution >= 0.6 is 11.3 Å². The molecule has 0 atom stereocenters. The molecular weight excluding hydrogens is 410 g/mol. The van der Waals surface area contributed by atoms with E-state index in [1.165, 1.54) is 6.92 Å². The minimum absolute atomic E-state index is 0.224. The Morgan fingerprint density at radius 2 is 1.93 bits per heavy atom. The maximum Gasteiger partial charge on any atom is 0.250 e. The summed E-state index contributed by atoms with van der Waals surface area (Å²) in [6.07, 6.45) is 3.37. The van der Waals surface area contributed by atoms with E-state index in [4.69, 9.17) is 4.52 Å². The lowest BCUT2D eigenvalue weighted by Crippen LogP contribution is -2.22. The van der Waals surface area contributed by atoms with Crippen LogP contribution in [0.2, 0.25) is 0 Å². The number of benzene rings is 1. The SMILES string of the molecule is CC(=O)Nc1c(C)noc1/C=C/c1ccc(S(=O)(=O)NCc2ccccc2C)s1. The minimum atomic E-state index is -3.62. The maximum atomic E-state index is 12.6. The van der Waals surface area contributed by atoms with Crippen molar-refractivity contribution in [2.24, 2.45) is 0 Å². The highest BCUT2D eigenvalue weighted by Gasteiger charge is 2.17. The molecule has 0 radical (unpaired) electrons. The first-order chi connectivity index (χ1) is 13.8. The van der Waals surface area contributed by atoms with Crippen LogP contribution in [0.5, 0.6) is 0 Å². The number of sulfonamides is 1. The van der Waals surface area contributed by atoms with Gasteiger partial charge in [0.05, 0.1) is 0 Å². The van der Waals surface area contributed by atoms with E-state index in [2.05, 4.69) is 15.2 Å². The van der Waals surface area contributed by atoms with Crippen molar-refractivity contribution >= 4 is 45.1 Å². The molecular formula is C20H21N3O4S2. The minimum Gasteiger partial charge on any atom is -0.354 e. The van der Waals surface area contributed by atoms with Gasteiger partial charge in [0.1, 0.15) is 15.6 Å². The van der Waals surface area contributed by atoms with Crippen molar-refractivity contribution in [2.45, 2.75) is 31.5 Å². The molecule has 0 unspecified atom stereocenters. The van der Waals surface area contributed by atoms with Crippen LogP contribution in [0.4, 0.5) is 5.69 Å². The lowest BCUT2D eigenvalue weighted by molar-refractivity contribution is -0.114. The number of thiophene rings is 1. The number of aromatic nitrogens is 1. The zero-order valence-electron chi connectivity index (χ0n) is 16.2. The molecule has 0 bridgehead atoms. The highest BCUT2D eigenvalue weighted by atomic mass is 32.2. The largest absolute Gasteiger partial charge is 0.354 e. The van der Waals surface area contributed by atoms with Gasteiger partial charge in [0.15, 0.2) is 5.76 Å². The molecule has 152 valence electrons. The van der Waals surface area contributed by atoms with Gasteiger partial charge in [-0.2, -0.15) is 0 Å². The summed E-state index contributed by atoms with van der Waals surface area (Å²) in [6.45, 7) is 5.30. The fourth-order valence-corrected chi connectivity index (χ4v) is 4.89. The number of carbonyl (C=O) groups excluding carboxylic acids is 1. The van der Waals surface area contributed by atoms with Crippen LogP contribution in [0.1, 0.15) is 34.4 Å². The van der Waals surface area contributed by atoms with Gasteiger partial charge in [-0.15, -0.1) is 11.3 Å². The maximum absolute atomic E-state index is 12.6. The summed E-state index contributed by atoms with van der Waals surface area (Å²) in [5, 5.41) is 6.52. The summed E-state index contributed by atoms with van der Waals surface area (Å²) < 4.78 is 33.2. The first-order valence-corrected chi connectivity index (χ1v) is 11.1. The van der Waals surface area contributed by atoms with Gasteiger partial charge in [-0.25, -0.2) is 13.1 Å². The number of hydrogen-bond donors (Lipinski definition) is 2. The van der Waals surface area contributed by atoms with Gasteiger partial charge in [-0.05, 0) is 49.3 Å². The fourth-order valence-electron chi connectivity index (χ4n) is 2.61. The molecule has 3 rings (SSSR count). The Labute approximate surface area is 173 Å². The third-order valence-corrected chi connectivity index (χ3v) is 7.11. The van der Waals surface area contributed by atoms with E-state index in [-0.39, 0.29) is 16.7 Å². The average molecular weight is 432 g/mol. The zero-order valence-corrected chi connectivity index (χ0v) is 17.9. The van der Waals surface area contributed by atoms with Crippen LogP contribution in [-0.2, 0) is 21.4 Å². The van der Waals surface area contributed by atoms with Crippen molar-refractivity contribution in [1.29, 1.82) is 0 Å². The third-order valence-electron chi connectivity index (χ3n) is 4.17. The predicted octanol–water partition coefficient (Wildman–Crippen LogP) is 3.96. The summed E-state index contributed by atoms with van der Waals surface area (Å²) >= 11 is 1.14. The molecule has 0 saturated carbocycles. The number of anilines is 1. The van der Waals surface area contributed by atoms with Crippen LogP contribution in [0, 0.1) is 13.8 Å². The van der Waals surface area contributed by atoms with E-state index >= 15 is 0 Å². The van der Waals surface area contributed by atoms with E-state index < -0.39 is 10.0 Å². The third kappa shape index (κ3) is 5.20. The first kappa shape index (κ1) is 21.0. The second-order valence-corrected chi connectivity index (χ2v) is 9.54. The van der Waals surface area contributed by atoms with Gasteiger partial charge in [0.25, 0.3) is 0 Å². The zero-order chi connectivity index (χ0) is 21.0. The quantitative estimate of drug-likeness (QED) is 0.590. The van der Waals surface area contributed by atoms with Crippen LogP contribution in [0.3, 0.4) is 0 Å². The van der Waals surface area contributed by atoms with Crippen molar-refractivity contribution in [1.82, 2.24) is 9.88 Å². The molecule has 3 aromatic rings. The Hall–Kier alpha value is -2.75. The topological polar surface area (TPSA) is 101 Å². The predicted molar refractivity (Wildman–Crippen MR) is 114 cm³/mol. The summed E-state index contributed by atoms with van der Waals surface area (Å²) in [5.41, 5.74) is 3.02. The van der Waals surface area contributed by atoms with Gasteiger partial charge >= 0.3 is 0 Å². The van der Waals surface area contributed by atoms with E-state index in [0.29, 0.717) is 17.1 Å². The van der Waals surface area contributed by atoms with Gasteiger partial charge in [0, 0.05) is 18.3 Å². The van der Waals surface area contributed by atoms with E-state index in [0.717, 1.165) is 27.3 Å². The molecule has 0 fully saturated rings. The van der Waals surface area contributed by atoms with Crippen LogP contribution in [-0.4, -0.2) is 19.5 Å². The summed E-state index contributed by atoms with van der Waals surface area (Å²) in [7, 11) is -3.62. The highest BCUT2D eigenvalue weighted by molar-refractivity contribution is 7.91. The van der Waals surface area contributed by atoms with Gasteiger partial charge in [0.2, 0.25) is 15.9 Å². The summed E-state index contributed by atoms with van der Waals surface area (Å²) in [6, 6.07) is 10.9. The number of carbonyl (C=O) groups is 1. The molecule has 1 amide bonds. The van der Waals surface area contributed by atoms with Crippen molar-refractivity contribution in [3.05, 3.63) is 63.9 Å². The molecule has 0 aliphatic heterocycles. The van der Waals surface area contributed by atoms with Crippen LogP contribution < -0.4 is 10.0 Å². The number of nitrogens with zero attached hydrogens (tertiary/aromatic N) is 1. The second-order valence-electron chi connectivity index (χ2n) is 6.43. The monoisotopic (exact) mass is 431 g/mol. The molecule has 1 aromatic carbocycles. The lowest BCUT2D eigenvalue weighted by Gasteiger charge is -2.07. The van der Waals surface area contributed by atoms with Crippen molar-refractivity contribution in [2.75, 3.05) is 5.32 Å². The summed E-state index contributed by atoms with van der Waals surface area (Å²) in [4.78, 5) is 12.0. The van der Waals surface area contributed by atoms with E-state index in [1.54, 1.807) is 31.2 Å². The molecule has 0 saturated heterocycles. The van der Waals surface area contributed by atoms with Gasteiger partial charge < -0.3 is 9.84 Å². The molecule has 2 N–H and O–H groups in total. The molecule has 0 spiro atoms. The second kappa shape index (κ2) is 8.73. The lowest BCUT2D eigenvalue weighted by atomic mass is 10.1. The first-order valence-electron chi connectivity index (χ1n) is 8.82. The van der Waals surface area contributed by atoms with Gasteiger partial charge in [-0.3, -0.25) is 4.79 Å². The smallest absolute Gasteiger partial charge is 0.250 e. The Kier molecular flexibility index (Phi) is 6.31. The molecule has 29 heavy (non-hydrogen) atoms. The molecule has 0 aliphatic carbocycles. The molecule has 2 heterocycles. The highest BCUT2D eigenvalue weighted by Crippen LogP contribution is 2.26. The number of amides is 1. The molecule has 0 aliphatic rings. The average Bonchev–Trinajstić information content (AvgIpc) is 3.27. The van der Waals surface area contributed by atoms with Crippen molar-refractivity contribution < 1.29 is 17.7 Å². The standard InChI is InChI=1S/C20H21N3O4S2/c1-13-6-4-5-7-16(13)12-21-29(25,26)19-11-9-17(28-19)8-10-18-20(22-15(3)24)14(2)23-27-18/h4-11,21H,12H2,1-3H3,(H,22,24)/b10-8+. The number of nitrogens with one attached hydrogen (secondary N) is 2. The Morgan fingerprint density at radius 3 is 2.66 bits per heavy atom. The van der Waals surface area contributed by atoms with Crippen LogP contribution in [0.15, 0.2) is 45.1 Å². The Bertz CT molecular complexity index is 1160. The van der Waals surface area contributed by atoms with Crippen molar-refractivity contribution in [3.8, 4) is 0 Å². The fraction of sp³-hybridized carbons (Fsp3) is 0.200. The summed E-state index contributed by atoms with van der Waals surface area (Å²) in [5.74, 6) is 0.170. The van der Waals surface area contributed by atoms with Crippen molar-refractivity contribution in [3.63, 3.8) is 0 Å². The van der Waals surface area contributed by atoms with E-state index in [1.807, 2.05) is 31.2 Å².